The van der Waals surface area contributed by atoms with Crippen LogP contribution in [0.3, 0.4) is 0 Å². The Morgan fingerprint density at radius 3 is 2.78 bits per heavy atom. The molecule has 1 N–H and O–H groups in total. The van der Waals surface area contributed by atoms with Crippen molar-refractivity contribution < 1.29 is 0 Å². The Morgan fingerprint density at radius 2 is 2.06 bits per heavy atom. The summed E-state index contributed by atoms with van der Waals surface area (Å²) in [6, 6.07) is 7.61. The van der Waals surface area contributed by atoms with E-state index in [-0.39, 0.29) is 0 Å². The van der Waals surface area contributed by atoms with Crippen molar-refractivity contribution in [2.45, 2.75) is 13.5 Å². The summed E-state index contributed by atoms with van der Waals surface area (Å²) >= 11 is 15.5. The first-order valence-electron chi connectivity index (χ1n) is 5.37. The summed E-state index contributed by atoms with van der Waals surface area (Å²) in [7, 11) is 0. The Bertz CT molecular complexity index is 553. The molecule has 0 aliphatic heterocycles. The van der Waals surface area contributed by atoms with Crippen molar-refractivity contribution in [2.24, 2.45) is 0 Å². The highest BCUT2D eigenvalue weighted by Crippen LogP contribution is 2.26. The van der Waals surface area contributed by atoms with Crippen LogP contribution in [0.25, 0.3) is 0 Å². The Balaban J connectivity index is 2.19. The maximum absolute atomic E-state index is 6.06. The zero-order valence-corrected chi connectivity index (χ0v) is 12.8. The van der Waals surface area contributed by atoms with Gasteiger partial charge in [0, 0.05) is 22.2 Å². The molecule has 18 heavy (non-hydrogen) atoms. The third-order valence-corrected chi connectivity index (χ3v) is 3.87. The molecule has 0 fully saturated rings. The highest BCUT2D eigenvalue weighted by atomic mass is 79.9. The van der Waals surface area contributed by atoms with Crippen LogP contribution < -0.4 is 5.32 Å². The van der Waals surface area contributed by atoms with Gasteiger partial charge in [0.25, 0.3) is 0 Å². The predicted octanol–water partition coefficient (Wildman–Crippen LogP) is 5.07. The zero-order valence-electron chi connectivity index (χ0n) is 9.67. The number of hydrogen-bond acceptors (Lipinski definition) is 2. The molecular formula is C13H11BrCl2N2. The molecule has 0 atom stereocenters. The highest BCUT2D eigenvalue weighted by Gasteiger charge is 2.06. The van der Waals surface area contributed by atoms with Crippen LogP contribution in [0.4, 0.5) is 5.69 Å². The molecule has 0 radical (unpaired) electrons. The molecule has 1 aromatic carbocycles. The van der Waals surface area contributed by atoms with Crippen molar-refractivity contribution >= 4 is 44.8 Å². The van der Waals surface area contributed by atoms with Crippen molar-refractivity contribution in [2.75, 3.05) is 5.32 Å². The maximum Gasteiger partial charge on any atom is 0.152 e. The molecule has 2 nitrogen and oxygen atoms in total. The van der Waals surface area contributed by atoms with Gasteiger partial charge in [0.2, 0.25) is 0 Å². The number of benzene rings is 1. The Kier molecular flexibility index (Phi) is 4.49. The van der Waals surface area contributed by atoms with E-state index in [1.54, 1.807) is 6.20 Å². The second-order valence-corrected chi connectivity index (χ2v) is 5.53. The van der Waals surface area contributed by atoms with Crippen molar-refractivity contribution in [3.05, 3.63) is 56.2 Å². The summed E-state index contributed by atoms with van der Waals surface area (Å²) < 4.78 is 1.01. The topological polar surface area (TPSA) is 24.9 Å². The van der Waals surface area contributed by atoms with Gasteiger partial charge in [0.05, 0.1) is 5.69 Å². The lowest BCUT2D eigenvalue weighted by Gasteiger charge is -2.12. The second-order valence-electron chi connectivity index (χ2n) is 3.88. The van der Waals surface area contributed by atoms with Gasteiger partial charge in [-0.05, 0) is 42.3 Å². The largest absolute Gasteiger partial charge is 0.378 e. The number of aryl methyl sites for hydroxylation is 1. The van der Waals surface area contributed by atoms with Gasteiger partial charge < -0.3 is 5.32 Å². The molecule has 1 heterocycles. The quantitative estimate of drug-likeness (QED) is 0.785. The second kappa shape index (κ2) is 5.91. The van der Waals surface area contributed by atoms with Crippen LogP contribution in [0, 0.1) is 6.92 Å². The summed E-state index contributed by atoms with van der Waals surface area (Å²) in [6.07, 6.45) is 1.69. The van der Waals surface area contributed by atoms with Gasteiger partial charge in [-0.15, -0.1) is 0 Å². The van der Waals surface area contributed by atoms with E-state index in [2.05, 4.69) is 26.2 Å². The SMILES string of the molecule is Cc1ccnc(Cl)c1NCc1cc(Cl)ccc1Br. The fraction of sp³-hybridized carbons (Fsp3) is 0.154. The van der Waals surface area contributed by atoms with Gasteiger partial charge in [-0.3, -0.25) is 0 Å². The molecule has 0 amide bonds. The summed E-state index contributed by atoms with van der Waals surface area (Å²) in [5, 5.41) is 4.47. The van der Waals surface area contributed by atoms with E-state index in [9.17, 15) is 0 Å². The lowest BCUT2D eigenvalue weighted by Crippen LogP contribution is -2.03. The molecular weight excluding hydrogens is 335 g/mol. The monoisotopic (exact) mass is 344 g/mol. The van der Waals surface area contributed by atoms with Gasteiger partial charge in [-0.2, -0.15) is 0 Å². The summed E-state index contributed by atoms with van der Waals surface area (Å²) in [5.41, 5.74) is 2.99. The van der Waals surface area contributed by atoms with E-state index >= 15 is 0 Å². The standard InChI is InChI=1S/C13H11BrCl2N2/c1-8-4-5-17-13(16)12(8)18-7-9-6-10(15)2-3-11(9)14/h2-6,18H,7H2,1H3. The maximum atomic E-state index is 6.06. The van der Waals surface area contributed by atoms with E-state index in [1.807, 2.05) is 31.2 Å². The average molecular weight is 346 g/mol. The molecule has 0 saturated carbocycles. The third kappa shape index (κ3) is 3.16. The highest BCUT2D eigenvalue weighted by molar-refractivity contribution is 9.10. The zero-order chi connectivity index (χ0) is 13.1. The number of anilines is 1. The number of aromatic nitrogens is 1. The fourth-order valence-electron chi connectivity index (χ4n) is 1.60. The van der Waals surface area contributed by atoms with Crippen LogP contribution in [-0.4, -0.2) is 4.98 Å². The van der Waals surface area contributed by atoms with Crippen molar-refractivity contribution in [3.8, 4) is 0 Å². The number of pyridine rings is 1. The molecule has 2 aromatic rings. The number of nitrogens with zero attached hydrogens (tertiary/aromatic N) is 1. The lowest BCUT2D eigenvalue weighted by atomic mass is 10.2. The molecule has 0 unspecified atom stereocenters. The van der Waals surface area contributed by atoms with Crippen molar-refractivity contribution in [3.63, 3.8) is 0 Å². The Labute approximate surface area is 124 Å². The number of hydrogen-bond donors (Lipinski definition) is 1. The van der Waals surface area contributed by atoms with Crippen LogP contribution in [-0.2, 0) is 6.54 Å². The normalized spacial score (nSPS) is 10.4. The minimum absolute atomic E-state index is 0.480. The van der Waals surface area contributed by atoms with Gasteiger partial charge in [0.15, 0.2) is 5.15 Å². The minimum Gasteiger partial charge on any atom is -0.378 e. The summed E-state index contributed by atoms with van der Waals surface area (Å²) in [6.45, 7) is 2.62. The lowest BCUT2D eigenvalue weighted by molar-refractivity contribution is 1.11. The van der Waals surface area contributed by atoms with E-state index in [0.29, 0.717) is 16.7 Å². The molecule has 2 rings (SSSR count). The first kappa shape index (κ1) is 13.7. The van der Waals surface area contributed by atoms with Crippen LogP contribution in [0.5, 0.6) is 0 Å². The van der Waals surface area contributed by atoms with Crippen molar-refractivity contribution in [1.82, 2.24) is 4.98 Å². The van der Waals surface area contributed by atoms with Crippen LogP contribution >= 0.6 is 39.1 Å². The van der Waals surface area contributed by atoms with E-state index < -0.39 is 0 Å². The number of halogens is 3. The van der Waals surface area contributed by atoms with E-state index in [4.69, 9.17) is 23.2 Å². The summed E-state index contributed by atoms with van der Waals surface area (Å²) in [5.74, 6) is 0. The third-order valence-electron chi connectivity index (χ3n) is 2.58. The van der Waals surface area contributed by atoms with E-state index in [0.717, 1.165) is 21.3 Å². The van der Waals surface area contributed by atoms with Crippen LogP contribution in [0.15, 0.2) is 34.9 Å². The van der Waals surface area contributed by atoms with Gasteiger partial charge in [-0.1, -0.05) is 39.1 Å². The smallest absolute Gasteiger partial charge is 0.152 e. The first-order chi connectivity index (χ1) is 8.58. The van der Waals surface area contributed by atoms with Gasteiger partial charge in [-0.25, -0.2) is 4.98 Å². The predicted molar refractivity (Wildman–Crippen MR) is 80.5 cm³/mol. The average Bonchev–Trinajstić information content (AvgIpc) is 2.33. The van der Waals surface area contributed by atoms with Crippen LogP contribution in [0.1, 0.15) is 11.1 Å². The molecule has 94 valence electrons. The molecule has 5 heteroatoms. The first-order valence-corrected chi connectivity index (χ1v) is 6.91. The minimum atomic E-state index is 0.480. The molecule has 0 aliphatic carbocycles. The molecule has 1 aromatic heterocycles. The molecule has 0 spiro atoms. The Morgan fingerprint density at radius 1 is 1.28 bits per heavy atom. The van der Waals surface area contributed by atoms with Crippen LogP contribution in [0.2, 0.25) is 10.2 Å². The Hall–Kier alpha value is -0.770. The molecule has 0 saturated heterocycles. The van der Waals surface area contributed by atoms with E-state index in [1.165, 1.54) is 0 Å². The molecule has 0 bridgehead atoms. The number of rotatable bonds is 3. The number of nitrogens with one attached hydrogen (secondary N) is 1. The summed E-state index contributed by atoms with van der Waals surface area (Å²) in [4.78, 5) is 4.06. The molecule has 0 aliphatic rings. The fourth-order valence-corrected chi connectivity index (χ4v) is 2.45. The van der Waals surface area contributed by atoms with Crippen molar-refractivity contribution in [1.29, 1.82) is 0 Å². The van der Waals surface area contributed by atoms with Gasteiger partial charge in [0.1, 0.15) is 0 Å². The van der Waals surface area contributed by atoms with Gasteiger partial charge >= 0.3 is 0 Å².